The van der Waals surface area contributed by atoms with Crippen molar-refractivity contribution in [2.45, 2.75) is 226 Å². The van der Waals surface area contributed by atoms with Gasteiger partial charge in [-0.15, -0.1) is 0 Å². The first-order valence-electron chi connectivity index (χ1n) is 20.1. The van der Waals surface area contributed by atoms with Crippen LogP contribution in [0.3, 0.4) is 0 Å². The van der Waals surface area contributed by atoms with Crippen molar-refractivity contribution in [1.29, 1.82) is 0 Å². The Morgan fingerprint density at radius 2 is 0.488 bits per heavy atom. The second kappa shape index (κ2) is 38.4. The van der Waals surface area contributed by atoms with E-state index in [0.29, 0.717) is 6.61 Å². The van der Waals surface area contributed by atoms with Crippen LogP contribution in [0.5, 0.6) is 0 Å². The summed E-state index contributed by atoms with van der Waals surface area (Å²) in [6, 6.07) is 0. The van der Waals surface area contributed by atoms with Gasteiger partial charge in [-0.05, 0) is 25.7 Å². The number of unbranched alkanes of at least 4 members (excludes halogenated alkanes) is 30. The predicted molar refractivity (Wildman–Crippen MR) is 192 cm³/mol. The van der Waals surface area contributed by atoms with E-state index < -0.39 is 0 Å². The van der Waals surface area contributed by atoms with E-state index >= 15 is 0 Å². The van der Waals surface area contributed by atoms with Crippen LogP contribution in [0.2, 0.25) is 0 Å². The molecule has 43 heavy (non-hydrogen) atoms. The van der Waals surface area contributed by atoms with Crippen molar-refractivity contribution in [2.24, 2.45) is 0 Å². The maximum atomic E-state index is 9.44. The highest BCUT2D eigenvalue weighted by Crippen LogP contribution is 2.17. The molecular weight excluding hydrogens is 546 g/mol. The lowest BCUT2D eigenvalue weighted by molar-refractivity contribution is -0.910. The minimum Gasteiger partial charge on any atom is -1.00 e. The molecule has 0 aliphatic carbocycles. The Morgan fingerprint density at radius 3 is 0.698 bits per heavy atom. The monoisotopic (exact) mass is 630 g/mol. The van der Waals surface area contributed by atoms with Crippen molar-refractivity contribution in [2.75, 3.05) is 33.3 Å². The second-order valence-electron chi connectivity index (χ2n) is 14.5. The highest BCUT2D eigenvalue weighted by molar-refractivity contribution is 4.53. The Morgan fingerprint density at radius 1 is 0.302 bits per heavy atom. The van der Waals surface area contributed by atoms with E-state index in [-0.39, 0.29) is 12.4 Å². The molecule has 3 heteroatoms. The fourth-order valence-electron chi connectivity index (χ4n) is 6.87. The van der Waals surface area contributed by atoms with E-state index in [1.54, 1.807) is 0 Å². The van der Waals surface area contributed by atoms with Gasteiger partial charge in [0, 0.05) is 13.0 Å². The first-order valence-corrected chi connectivity index (χ1v) is 20.1. The molecule has 262 valence electrons. The summed E-state index contributed by atoms with van der Waals surface area (Å²) in [7, 11) is 2.46. The van der Waals surface area contributed by atoms with E-state index in [4.69, 9.17) is 0 Å². The average Bonchev–Trinajstić information content (AvgIpc) is 2.99. The fourth-order valence-corrected chi connectivity index (χ4v) is 6.87. The number of rotatable bonds is 37. The first-order chi connectivity index (χ1) is 20.7. The van der Waals surface area contributed by atoms with Gasteiger partial charge >= 0.3 is 0 Å². The summed E-state index contributed by atoms with van der Waals surface area (Å²) < 4.78 is 1.19. The molecule has 0 heterocycles. The van der Waals surface area contributed by atoms with Gasteiger partial charge < -0.3 is 22.0 Å². The highest BCUT2D eigenvalue weighted by atomic mass is 35.5. The summed E-state index contributed by atoms with van der Waals surface area (Å²) in [5.74, 6) is 0. The maximum Gasteiger partial charge on any atom is 0.0806 e. The summed E-state index contributed by atoms with van der Waals surface area (Å²) in [5.41, 5.74) is 0. The number of nitrogens with zero attached hydrogens (tertiary/aromatic N) is 1. The Kier molecular flexibility index (Phi) is 40.5. The molecule has 0 amide bonds. The molecule has 2 nitrogen and oxygen atoms in total. The molecule has 0 aromatic heterocycles. The number of hydrogen-bond acceptors (Lipinski definition) is 1. The molecule has 0 bridgehead atoms. The Labute approximate surface area is 280 Å². The number of quaternary nitrogens is 1. The Balaban J connectivity index is 0. The second-order valence-corrected chi connectivity index (χ2v) is 14.5. The van der Waals surface area contributed by atoms with Crippen molar-refractivity contribution in [3.63, 3.8) is 0 Å². The average molecular weight is 631 g/mol. The lowest BCUT2D eigenvalue weighted by Gasteiger charge is -2.35. The lowest BCUT2D eigenvalue weighted by atomic mass is 10.0. The van der Waals surface area contributed by atoms with Crippen molar-refractivity contribution in [3.05, 3.63) is 0 Å². The van der Waals surface area contributed by atoms with Crippen LogP contribution >= 0.6 is 0 Å². The summed E-state index contributed by atoms with van der Waals surface area (Å²) in [5, 5.41) is 9.44. The zero-order valence-electron chi connectivity index (χ0n) is 30.4. The van der Waals surface area contributed by atoms with Crippen LogP contribution in [0.25, 0.3) is 0 Å². The lowest BCUT2D eigenvalue weighted by Crippen LogP contribution is -3.00. The van der Waals surface area contributed by atoms with Crippen LogP contribution in [0, 0.1) is 0 Å². The van der Waals surface area contributed by atoms with Gasteiger partial charge in [0.05, 0.1) is 26.7 Å². The van der Waals surface area contributed by atoms with Gasteiger partial charge in [0.25, 0.3) is 0 Å². The van der Waals surface area contributed by atoms with E-state index in [2.05, 4.69) is 20.9 Å². The van der Waals surface area contributed by atoms with Gasteiger partial charge in [0.15, 0.2) is 0 Å². The molecule has 0 unspecified atom stereocenters. The SMILES string of the molecule is CCCCCCCCCCCCCCCCCC[N+](C)(CCCO)CCCCCCCCCCCCCCCCCC.[Cl-]. The molecule has 0 saturated heterocycles. The van der Waals surface area contributed by atoms with Crippen molar-refractivity contribution < 1.29 is 22.0 Å². The smallest absolute Gasteiger partial charge is 0.0806 e. The van der Waals surface area contributed by atoms with Gasteiger partial charge in [-0.3, -0.25) is 0 Å². The fraction of sp³-hybridized carbons (Fsp3) is 1.00. The van der Waals surface area contributed by atoms with E-state index in [9.17, 15) is 5.11 Å². The molecule has 0 atom stereocenters. The molecule has 0 aromatic carbocycles. The normalized spacial score (nSPS) is 11.7. The quantitative estimate of drug-likeness (QED) is 0.0535. The largest absolute Gasteiger partial charge is 1.00 e. The Hall–Kier alpha value is 0.210. The van der Waals surface area contributed by atoms with Crippen molar-refractivity contribution in [1.82, 2.24) is 0 Å². The van der Waals surface area contributed by atoms with E-state index in [1.165, 1.54) is 223 Å². The molecular formula is C40H84ClNO. The molecule has 0 spiro atoms. The summed E-state index contributed by atoms with van der Waals surface area (Å²) in [6.45, 7) is 8.76. The number of halogens is 1. The highest BCUT2D eigenvalue weighted by Gasteiger charge is 2.20. The van der Waals surface area contributed by atoms with Gasteiger partial charge in [-0.1, -0.05) is 194 Å². The molecule has 0 fully saturated rings. The van der Waals surface area contributed by atoms with Gasteiger partial charge in [0.1, 0.15) is 0 Å². The summed E-state index contributed by atoms with van der Waals surface area (Å²) >= 11 is 0. The maximum absolute atomic E-state index is 9.44. The molecule has 1 N–H and O–H groups in total. The topological polar surface area (TPSA) is 20.2 Å². The zero-order valence-corrected chi connectivity index (χ0v) is 31.2. The first kappa shape index (κ1) is 45.3. The summed E-state index contributed by atoms with van der Waals surface area (Å²) in [6.07, 6.45) is 47.1. The van der Waals surface area contributed by atoms with Crippen LogP contribution in [0.1, 0.15) is 226 Å². The van der Waals surface area contributed by atoms with Gasteiger partial charge in [0.2, 0.25) is 0 Å². The molecule has 0 saturated carbocycles. The number of hydrogen-bond donors (Lipinski definition) is 1. The van der Waals surface area contributed by atoms with Crippen LogP contribution in [-0.4, -0.2) is 42.9 Å². The minimum absolute atomic E-state index is 0. The van der Waals surface area contributed by atoms with Crippen molar-refractivity contribution >= 4 is 0 Å². The number of aliphatic hydroxyl groups is 1. The van der Waals surface area contributed by atoms with Crippen LogP contribution in [-0.2, 0) is 0 Å². The molecule has 0 aliphatic rings. The zero-order chi connectivity index (χ0) is 30.7. The molecule has 0 radical (unpaired) electrons. The third-order valence-corrected chi connectivity index (χ3v) is 9.96. The third kappa shape index (κ3) is 36.6. The summed E-state index contributed by atoms with van der Waals surface area (Å²) in [4.78, 5) is 0. The minimum atomic E-state index is 0. The van der Waals surface area contributed by atoms with Crippen molar-refractivity contribution in [3.8, 4) is 0 Å². The van der Waals surface area contributed by atoms with E-state index in [1.807, 2.05) is 0 Å². The van der Waals surface area contributed by atoms with Gasteiger partial charge in [-0.25, -0.2) is 0 Å². The third-order valence-electron chi connectivity index (χ3n) is 9.96. The Bertz CT molecular complexity index is 449. The molecule has 0 aromatic rings. The number of aliphatic hydroxyl groups excluding tert-OH is 1. The van der Waals surface area contributed by atoms with Gasteiger partial charge in [-0.2, -0.15) is 0 Å². The van der Waals surface area contributed by atoms with Crippen LogP contribution in [0.15, 0.2) is 0 Å². The van der Waals surface area contributed by atoms with Crippen LogP contribution < -0.4 is 12.4 Å². The van der Waals surface area contributed by atoms with E-state index in [0.717, 1.165) is 13.0 Å². The predicted octanol–water partition coefficient (Wildman–Crippen LogP) is 10.3. The van der Waals surface area contributed by atoms with Crippen LogP contribution in [0.4, 0.5) is 0 Å². The molecule has 0 rings (SSSR count). The standard InChI is InChI=1S/C40H84NO.ClH/c1-4-6-8-10-12-14-16-18-20-22-24-26-28-30-32-34-37-41(3,39-36-40-42)38-35-33-31-29-27-25-23-21-19-17-15-13-11-9-7-5-2;/h42H,4-40H2,1-3H3;1H/q+1;/p-1. The molecule has 0 aliphatic heterocycles.